The first kappa shape index (κ1) is 21.0. The number of hydrogen-bond donors (Lipinski definition) is 0. The number of benzene rings is 2. The molecule has 4 aliphatic carbocycles. The lowest BCUT2D eigenvalue weighted by Gasteiger charge is -2.60. The Balaban J connectivity index is 1.44. The van der Waals surface area contributed by atoms with E-state index < -0.39 is 16.7 Å². The molecule has 0 saturated heterocycles. The van der Waals surface area contributed by atoms with Crippen LogP contribution in [0.25, 0.3) is 11.1 Å². The van der Waals surface area contributed by atoms with Crippen LogP contribution in [0.4, 0.5) is 18.9 Å². The van der Waals surface area contributed by atoms with Gasteiger partial charge >= 0.3 is 6.18 Å². The molecule has 1 atom stereocenters. The van der Waals surface area contributed by atoms with E-state index in [1.807, 2.05) is 0 Å². The van der Waals surface area contributed by atoms with Crippen LogP contribution in [0, 0.1) is 39.2 Å². The summed E-state index contributed by atoms with van der Waals surface area (Å²) in [6, 6.07) is 8.66. The third-order valence-electron chi connectivity index (χ3n) is 8.76. The summed E-state index contributed by atoms with van der Waals surface area (Å²) in [6.45, 7) is 0.320. The second-order valence-corrected chi connectivity index (χ2v) is 10.8. The lowest BCUT2D eigenvalue weighted by Crippen LogP contribution is -2.52. The third kappa shape index (κ3) is 3.42. The van der Waals surface area contributed by atoms with Gasteiger partial charge in [-0.05, 0) is 85.3 Å². The summed E-state index contributed by atoms with van der Waals surface area (Å²) in [4.78, 5) is 10.8. The van der Waals surface area contributed by atoms with Crippen LogP contribution in [0.5, 0.6) is 5.75 Å². The molecule has 2 aromatic rings. The van der Waals surface area contributed by atoms with E-state index in [0.29, 0.717) is 29.7 Å². The van der Waals surface area contributed by atoms with E-state index in [0.717, 1.165) is 43.1 Å². The number of hydrogen-bond acceptors (Lipinski definition) is 3. The van der Waals surface area contributed by atoms with E-state index in [1.165, 1.54) is 37.5 Å². The Hall–Kier alpha value is -2.57. The molecule has 1 unspecified atom stereocenters. The largest absolute Gasteiger partial charge is 0.492 e. The van der Waals surface area contributed by atoms with E-state index in [2.05, 4.69) is 0 Å². The first-order valence-corrected chi connectivity index (χ1v) is 11.8. The topological polar surface area (TPSA) is 52.4 Å². The van der Waals surface area contributed by atoms with Gasteiger partial charge in [-0.2, -0.15) is 13.2 Å². The van der Waals surface area contributed by atoms with Crippen molar-refractivity contribution >= 4 is 5.69 Å². The molecule has 5 aliphatic rings. The predicted octanol–water partition coefficient (Wildman–Crippen LogP) is 7.05. The Labute approximate surface area is 190 Å². The van der Waals surface area contributed by atoms with Crippen LogP contribution < -0.4 is 4.74 Å². The summed E-state index contributed by atoms with van der Waals surface area (Å²) in [6.07, 6.45) is 3.42. The van der Waals surface area contributed by atoms with Gasteiger partial charge in [0.15, 0.2) is 0 Å². The summed E-state index contributed by atoms with van der Waals surface area (Å²) in [5.41, 5.74) is 1.05. The standard InChI is InChI=1S/C26H26F3NO3/c27-26(28,29)23-5-4-21(18-2-1-3-20(9-18)30(31)32)22-10-19(14-33-24(22)23)25-11-15-6-16(12-25)8-17(7-15)13-25/h1-5,9,15-17,19H,6-8,10-14H2. The quantitative estimate of drug-likeness (QED) is 0.367. The highest BCUT2D eigenvalue weighted by atomic mass is 19.4. The SMILES string of the molecule is O=[N+]([O-])c1cccc(-c2ccc(C(F)(F)F)c3c2CC(C24CC5CC(CC(C5)C2)C4)CO3)c1. The second kappa shape index (κ2) is 7.21. The number of nitrogens with zero attached hydrogens (tertiary/aromatic N) is 1. The van der Waals surface area contributed by atoms with Gasteiger partial charge in [-0.3, -0.25) is 10.1 Å². The minimum Gasteiger partial charge on any atom is -0.492 e. The van der Waals surface area contributed by atoms with Crippen LogP contribution in [0.15, 0.2) is 36.4 Å². The number of halogens is 3. The normalized spacial score (nSPS) is 32.3. The third-order valence-corrected chi connectivity index (χ3v) is 8.76. The summed E-state index contributed by atoms with van der Waals surface area (Å²) >= 11 is 0. The first-order valence-electron chi connectivity index (χ1n) is 11.8. The van der Waals surface area contributed by atoms with Gasteiger partial charge in [-0.1, -0.05) is 18.2 Å². The van der Waals surface area contributed by atoms with Crippen molar-refractivity contribution in [1.29, 1.82) is 0 Å². The van der Waals surface area contributed by atoms with Crippen molar-refractivity contribution in [3.05, 3.63) is 57.6 Å². The van der Waals surface area contributed by atoms with Gasteiger partial charge in [-0.15, -0.1) is 0 Å². The van der Waals surface area contributed by atoms with Crippen LogP contribution in [0.1, 0.15) is 49.7 Å². The van der Waals surface area contributed by atoms with Crippen molar-refractivity contribution in [2.24, 2.45) is 29.1 Å². The molecule has 0 radical (unpaired) electrons. The Morgan fingerprint density at radius 1 is 1.00 bits per heavy atom. The molecule has 33 heavy (non-hydrogen) atoms. The average Bonchev–Trinajstić information content (AvgIpc) is 2.76. The van der Waals surface area contributed by atoms with Gasteiger partial charge < -0.3 is 4.74 Å². The van der Waals surface area contributed by atoms with Crippen LogP contribution in [0.3, 0.4) is 0 Å². The van der Waals surface area contributed by atoms with Crippen LogP contribution >= 0.6 is 0 Å². The number of alkyl halides is 3. The van der Waals surface area contributed by atoms with E-state index in [4.69, 9.17) is 4.74 Å². The Morgan fingerprint density at radius 3 is 2.27 bits per heavy atom. The van der Waals surface area contributed by atoms with E-state index in [-0.39, 0.29) is 22.8 Å². The summed E-state index contributed by atoms with van der Waals surface area (Å²) in [5, 5.41) is 11.3. The minimum absolute atomic E-state index is 0.0736. The zero-order valence-corrected chi connectivity index (χ0v) is 18.2. The van der Waals surface area contributed by atoms with Crippen molar-refractivity contribution in [3.8, 4) is 16.9 Å². The lowest BCUT2D eigenvalue weighted by molar-refractivity contribution is -0.384. The molecule has 7 heteroatoms. The molecular formula is C26H26F3NO3. The van der Waals surface area contributed by atoms with Crippen LogP contribution in [0.2, 0.25) is 0 Å². The smallest absolute Gasteiger partial charge is 0.419 e. The highest BCUT2D eigenvalue weighted by Gasteiger charge is 2.55. The maximum Gasteiger partial charge on any atom is 0.419 e. The molecule has 1 heterocycles. The average molecular weight is 457 g/mol. The molecule has 0 aromatic heterocycles. The second-order valence-electron chi connectivity index (χ2n) is 10.8. The Bertz CT molecular complexity index is 1090. The highest BCUT2D eigenvalue weighted by molar-refractivity contribution is 5.73. The summed E-state index contributed by atoms with van der Waals surface area (Å²) in [7, 11) is 0. The van der Waals surface area contributed by atoms with E-state index >= 15 is 0 Å². The van der Waals surface area contributed by atoms with Crippen LogP contribution in [-0.2, 0) is 12.6 Å². The molecular weight excluding hydrogens is 431 g/mol. The van der Waals surface area contributed by atoms with E-state index in [1.54, 1.807) is 12.1 Å². The van der Waals surface area contributed by atoms with Crippen molar-refractivity contribution in [2.75, 3.05) is 6.61 Å². The number of nitro groups is 1. The molecule has 4 bridgehead atoms. The molecule has 174 valence electrons. The van der Waals surface area contributed by atoms with Gasteiger partial charge in [-0.25, -0.2) is 0 Å². The van der Waals surface area contributed by atoms with Crippen molar-refractivity contribution in [2.45, 2.75) is 51.1 Å². The van der Waals surface area contributed by atoms with E-state index in [9.17, 15) is 23.3 Å². The highest BCUT2D eigenvalue weighted by Crippen LogP contribution is 2.64. The number of fused-ring (bicyclic) bond motifs is 1. The van der Waals surface area contributed by atoms with Gasteiger partial charge in [0, 0.05) is 23.6 Å². The Kier molecular flexibility index (Phi) is 4.59. The Morgan fingerprint density at radius 2 is 1.67 bits per heavy atom. The van der Waals surface area contributed by atoms with Crippen molar-refractivity contribution in [1.82, 2.24) is 0 Å². The molecule has 0 spiro atoms. The van der Waals surface area contributed by atoms with Gasteiger partial charge in [0.25, 0.3) is 5.69 Å². The molecule has 2 aromatic carbocycles. The number of rotatable bonds is 3. The monoisotopic (exact) mass is 457 g/mol. The fourth-order valence-electron chi connectivity index (χ4n) is 7.84. The zero-order valence-electron chi connectivity index (χ0n) is 18.2. The number of ether oxygens (including phenoxy) is 1. The maximum absolute atomic E-state index is 13.8. The maximum atomic E-state index is 13.8. The molecule has 0 N–H and O–H groups in total. The van der Waals surface area contributed by atoms with Crippen molar-refractivity contribution < 1.29 is 22.8 Å². The molecule has 4 fully saturated rings. The molecule has 7 rings (SSSR count). The van der Waals surface area contributed by atoms with Gasteiger partial charge in [0.2, 0.25) is 0 Å². The lowest BCUT2D eigenvalue weighted by atomic mass is 9.46. The van der Waals surface area contributed by atoms with Gasteiger partial charge in [0.1, 0.15) is 5.75 Å². The molecule has 4 saturated carbocycles. The minimum atomic E-state index is -4.52. The first-order chi connectivity index (χ1) is 15.7. The predicted molar refractivity (Wildman–Crippen MR) is 117 cm³/mol. The zero-order chi connectivity index (χ0) is 23.0. The fraction of sp³-hybridized carbons (Fsp3) is 0.538. The van der Waals surface area contributed by atoms with Crippen molar-refractivity contribution in [3.63, 3.8) is 0 Å². The molecule has 4 nitrogen and oxygen atoms in total. The number of non-ortho nitro benzene ring substituents is 1. The summed E-state index contributed by atoms with van der Waals surface area (Å²) in [5.74, 6) is 2.33. The van der Waals surface area contributed by atoms with Crippen LogP contribution in [-0.4, -0.2) is 11.5 Å². The molecule has 1 aliphatic heterocycles. The number of nitro benzene ring substituents is 1. The molecule has 0 amide bonds. The fourth-order valence-corrected chi connectivity index (χ4v) is 7.84. The van der Waals surface area contributed by atoms with Gasteiger partial charge in [0.05, 0.1) is 17.1 Å². The summed E-state index contributed by atoms with van der Waals surface area (Å²) < 4.78 is 47.4.